The Bertz CT molecular complexity index is 732. The number of methoxy groups -OCH3 is 1. The normalized spacial score (nSPS) is 20.8. The Labute approximate surface area is 136 Å². The first-order valence-electron chi connectivity index (χ1n) is 6.95. The van der Waals surface area contributed by atoms with Crippen LogP contribution in [-0.2, 0) is 0 Å². The maximum atomic E-state index is 13.5. The molecule has 0 saturated carbocycles. The fourth-order valence-corrected chi connectivity index (χ4v) is 2.93. The molecule has 8 heteroatoms. The van der Waals surface area contributed by atoms with E-state index >= 15 is 0 Å². The Morgan fingerprint density at radius 1 is 1.35 bits per heavy atom. The Morgan fingerprint density at radius 3 is 2.83 bits per heavy atom. The smallest absolute Gasteiger partial charge is 0.318 e. The number of benzene rings is 1. The van der Waals surface area contributed by atoms with Crippen molar-refractivity contribution < 1.29 is 18.6 Å². The SMILES string of the molecule is COc1ncc(Cl)c(N2C[C@@H](O)C[C@H]2c2ccc(F)c(F)c2)n1. The Kier molecular flexibility index (Phi) is 4.32. The molecule has 0 aliphatic carbocycles. The van der Waals surface area contributed by atoms with E-state index in [1.54, 1.807) is 4.90 Å². The first-order chi connectivity index (χ1) is 11.0. The predicted molar refractivity (Wildman–Crippen MR) is 80.7 cm³/mol. The summed E-state index contributed by atoms with van der Waals surface area (Å²) in [6, 6.07) is 3.43. The maximum Gasteiger partial charge on any atom is 0.318 e. The van der Waals surface area contributed by atoms with Crippen molar-refractivity contribution in [3.63, 3.8) is 0 Å². The summed E-state index contributed by atoms with van der Waals surface area (Å²) < 4.78 is 31.7. The van der Waals surface area contributed by atoms with Gasteiger partial charge in [-0.05, 0) is 24.1 Å². The zero-order chi connectivity index (χ0) is 16.6. The van der Waals surface area contributed by atoms with Crippen LogP contribution in [0.1, 0.15) is 18.0 Å². The molecule has 0 radical (unpaired) electrons. The van der Waals surface area contributed by atoms with Crippen LogP contribution < -0.4 is 9.64 Å². The average molecular weight is 342 g/mol. The zero-order valence-corrected chi connectivity index (χ0v) is 13.0. The van der Waals surface area contributed by atoms with Gasteiger partial charge in [0.15, 0.2) is 17.5 Å². The first-order valence-corrected chi connectivity index (χ1v) is 7.33. The standard InChI is InChI=1S/C15H14ClF2N3O2/c1-23-15-19-6-10(16)14(20-15)21-7-9(22)5-13(21)8-2-3-11(17)12(18)4-8/h2-4,6,9,13,22H,5,7H2,1H3/t9-,13-/m0/s1. The number of anilines is 1. The van der Waals surface area contributed by atoms with Crippen LogP contribution in [-0.4, -0.2) is 34.8 Å². The highest BCUT2D eigenvalue weighted by molar-refractivity contribution is 6.32. The van der Waals surface area contributed by atoms with Crippen molar-refractivity contribution in [2.45, 2.75) is 18.6 Å². The van der Waals surface area contributed by atoms with Gasteiger partial charge in [0.05, 0.1) is 25.5 Å². The number of nitrogens with zero attached hydrogens (tertiary/aromatic N) is 3. The number of aliphatic hydroxyl groups excluding tert-OH is 1. The van der Waals surface area contributed by atoms with Gasteiger partial charge in [0.2, 0.25) is 0 Å². The number of ether oxygens (including phenoxy) is 1. The summed E-state index contributed by atoms with van der Waals surface area (Å²) in [6.07, 6.45) is 1.12. The van der Waals surface area contributed by atoms with Crippen LogP contribution in [0.4, 0.5) is 14.6 Å². The molecule has 1 fully saturated rings. The van der Waals surface area contributed by atoms with Crippen molar-refractivity contribution in [3.8, 4) is 6.01 Å². The fraction of sp³-hybridized carbons (Fsp3) is 0.333. The van der Waals surface area contributed by atoms with Crippen molar-refractivity contribution in [1.82, 2.24) is 9.97 Å². The molecule has 2 heterocycles. The lowest BCUT2D eigenvalue weighted by Gasteiger charge is -2.26. The second kappa shape index (κ2) is 6.25. The van der Waals surface area contributed by atoms with Crippen molar-refractivity contribution >= 4 is 17.4 Å². The number of aliphatic hydroxyl groups is 1. The van der Waals surface area contributed by atoms with Crippen LogP contribution in [0.3, 0.4) is 0 Å². The third kappa shape index (κ3) is 3.07. The van der Waals surface area contributed by atoms with Gasteiger partial charge in [-0.2, -0.15) is 4.98 Å². The van der Waals surface area contributed by atoms with Gasteiger partial charge in [-0.25, -0.2) is 13.8 Å². The van der Waals surface area contributed by atoms with Crippen LogP contribution in [0.2, 0.25) is 5.02 Å². The number of halogens is 3. The van der Waals surface area contributed by atoms with E-state index in [0.29, 0.717) is 17.8 Å². The molecule has 0 amide bonds. The van der Waals surface area contributed by atoms with E-state index in [2.05, 4.69) is 9.97 Å². The number of rotatable bonds is 3. The molecule has 2 aromatic rings. The first kappa shape index (κ1) is 15.9. The van der Waals surface area contributed by atoms with E-state index < -0.39 is 17.7 Å². The van der Waals surface area contributed by atoms with Crippen molar-refractivity contribution in [1.29, 1.82) is 0 Å². The topological polar surface area (TPSA) is 58.5 Å². The van der Waals surface area contributed by atoms with Crippen molar-refractivity contribution in [2.24, 2.45) is 0 Å². The minimum atomic E-state index is -0.935. The molecule has 1 aliphatic heterocycles. The van der Waals surface area contributed by atoms with Gasteiger partial charge in [0.1, 0.15) is 5.02 Å². The Morgan fingerprint density at radius 2 is 2.13 bits per heavy atom. The second-order valence-corrected chi connectivity index (χ2v) is 5.67. The summed E-state index contributed by atoms with van der Waals surface area (Å²) in [5, 5.41) is 10.3. The number of hydrogen-bond acceptors (Lipinski definition) is 5. The highest BCUT2D eigenvalue weighted by atomic mass is 35.5. The van der Waals surface area contributed by atoms with Crippen molar-refractivity contribution in [2.75, 3.05) is 18.6 Å². The molecule has 0 spiro atoms. The molecule has 2 atom stereocenters. The largest absolute Gasteiger partial charge is 0.467 e. The number of β-amino-alcohol motifs (C(OH)–C–C–N with tert-alkyl or cyclic N) is 1. The molecule has 1 N–H and O–H groups in total. The Balaban J connectivity index is 2.01. The third-order valence-electron chi connectivity index (χ3n) is 3.77. The monoisotopic (exact) mass is 341 g/mol. The fourth-order valence-electron chi connectivity index (χ4n) is 2.73. The highest BCUT2D eigenvalue weighted by Crippen LogP contribution is 2.39. The molecule has 0 bridgehead atoms. The maximum absolute atomic E-state index is 13.5. The van der Waals surface area contributed by atoms with Gasteiger partial charge in [0, 0.05) is 6.54 Å². The summed E-state index contributed by atoms with van der Waals surface area (Å²) in [4.78, 5) is 9.85. The minimum Gasteiger partial charge on any atom is -0.467 e. The summed E-state index contributed by atoms with van der Waals surface area (Å²) >= 11 is 6.15. The van der Waals surface area contributed by atoms with Gasteiger partial charge in [-0.15, -0.1) is 0 Å². The lowest BCUT2D eigenvalue weighted by molar-refractivity contribution is 0.194. The molecule has 3 rings (SSSR count). The molecule has 122 valence electrons. The van der Waals surface area contributed by atoms with Gasteiger partial charge in [-0.1, -0.05) is 17.7 Å². The molecule has 0 unspecified atom stereocenters. The summed E-state index contributed by atoms with van der Waals surface area (Å²) in [5.74, 6) is -1.47. The van der Waals surface area contributed by atoms with E-state index in [-0.39, 0.29) is 23.6 Å². The predicted octanol–water partition coefficient (Wildman–Crippen LogP) is 2.73. The van der Waals surface area contributed by atoms with Crippen LogP contribution in [0.15, 0.2) is 24.4 Å². The van der Waals surface area contributed by atoms with E-state index in [0.717, 1.165) is 12.1 Å². The molecule has 1 aromatic heterocycles. The van der Waals surface area contributed by atoms with E-state index in [9.17, 15) is 13.9 Å². The molecular formula is C15H14ClF2N3O2. The molecule has 23 heavy (non-hydrogen) atoms. The van der Waals surface area contributed by atoms with Crippen LogP contribution in [0.25, 0.3) is 0 Å². The quantitative estimate of drug-likeness (QED) is 0.930. The second-order valence-electron chi connectivity index (χ2n) is 5.26. The van der Waals surface area contributed by atoms with Crippen LogP contribution in [0.5, 0.6) is 6.01 Å². The van der Waals surface area contributed by atoms with E-state index in [4.69, 9.17) is 16.3 Å². The summed E-state index contributed by atoms with van der Waals surface area (Å²) in [5.41, 5.74) is 0.536. The third-order valence-corrected chi connectivity index (χ3v) is 4.03. The minimum absolute atomic E-state index is 0.134. The number of aromatic nitrogens is 2. The molecule has 1 aromatic carbocycles. The lowest BCUT2D eigenvalue weighted by atomic mass is 10.0. The molecule has 1 saturated heterocycles. The molecule has 1 aliphatic rings. The highest BCUT2D eigenvalue weighted by Gasteiger charge is 2.34. The number of hydrogen-bond donors (Lipinski definition) is 1. The zero-order valence-electron chi connectivity index (χ0n) is 12.2. The summed E-state index contributed by atoms with van der Waals surface area (Å²) in [6.45, 7) is 0.267. The van der Waals surface area contributed by atoms with Crippen molar-refractivity contribution in [3.05, 3.63) is 46.6 Å². The lowest BCUT2D eigenvalue weighted by Crippen LogP contribution is -2.26. The van der Waals surface area contributed by atoms with Gasteiger partial charge < -0.3 is 14.7 Å². The van der Waals surface area contributed by atoms with Gasteiger partial charge >= 0.3 is 6.01 Å². The van der Waals surface area contributed by atoms with E-state index in [1.165, 1.54) is 19.4 Å². The molecular weight excluding hydrogens is 328 g/mol. The van der Waals surface area contributed by atoms with E-state index in [1.807, 2.05) is 0 Å². The molecule has 5 nitrogen and oxygen atoms in total. The van der Waals surface area contributed by atoms with Crippen LogP contribution >= 0.6 is 11.6 Å². The van der Waals surface area contributed by atoms with Gasteiger partial charge in [0.25, 0.3) is 0 Å². The average Bonchev–Trinajstić information content (AvgIpc) is 2.92. The Hall–Kier alpha value is -1.99. The van der Waals surface area contributed by atoms with Crippen LogP contribution in [0, 0.1) is 11.6 Å². The van der Waals surface area contributed by atoms with Gasteiger partial charge in [-0.3, -0.25) is 0 Å². The summed E-state index contributed by atoms with van der Waals surface area (Å²) in [7, 11) is 1.43.